The first-order valence-corrected chi connectivity index (χ1v) is 11.1. The van der Waals surface area contributed by atoms with Gasteiger partial charge in [0.15, 0.2) is 46.8 Å². The van der Waals surface area contributed by atoms with E-state index in [2.05, 4.69) is 25.6 Å². The Kier molecular flexibility index (Phi) is 6.31. The molecule has 186 valence electrons. The standard InChI is InChI=1S/C24H22F2N6O4/c1-27-23(35)19-17(33)18(34)24(36-19)32-11-29-16-21(28-10-12-6-3-2-4-7-12)30-20(31-22(16)32)13-8-5-9-14(25)15(13)26/h2-9,11,17-19,24,33-34H,10H2,1H3,(H,27,35)(H,28,30,31)/t17-,18+,19-,24+/m0/s1. The third-order valence-electron chi connectivity index (χ3n) is 5.93. The van der Waals surface area contributed by atoms with Gasteiger partial charge in [0.25, 0.3) is 5.91 Å². The van der Waals surface area contributed by atoms with Gasteiger partial charge in [-0.25, -0.2) is 23.7 Å². The van der Waals surface area contributed by atoms with Crippen molar-refractivity contribution in [3.8, 4) is 11.4 Å². The van der Waals surface area contributed by atoms with Crippen LogP contribution in [0.3, 0.4) is 0 Å². The van der Waals surface area contributed by atoms with Crippen LogP contribution in [0.2, 0.25) is 0 Å². The van der Waals surface area contributed by atoms with Gasteiger partial charge in [-0.05, 0) is 17.7 Å². The number of ether oxygens (including phenoxy) is 1. The van der Waals surface area contributed by atoms with Crippen molar-refractivity contribution in [1.82, 2.24) is 24.8 Å². The molecule has 0 bridgehead atoms. The molecule has 1 fully saturated rings. The summed E-state index contributed by atoms with van der Waals surface area (Å²) in [5.41, 5.74) is 1.14. The molecule has 1 saturated heterocycles. The SMILES string of the molecule is CNC(=O)[C@H]1O[C@@H](n2cnc3c(NCc4ccccc4)nc(-c4cccc(F)c4F)nc32)[C@H](O)[C@@H]1O. The molecule has 12 heteroatoms. The van der Waals surface area contributed by atoms with Crippen molar-refractivity contribution in [2.75, 3.05) is 12.4 Å². The van der Waals surface area contributed by atoms with Gasteiger partial charge in [0.1, 0.15) is 12.2 Å². The number of hydrogen-bond acceptors (Lipinski definition) is 8. The number of rotatable bonds is 6. The average Bonchev–Trinajstić information content (AvgIpc) is 3.45. The quantitative estimate of drug-likeness (QED) is 0.317. The molecule has 10 nitrogen and oxygen atoms in total. The minimum absolute atomic E-state index is 0.119. The first-order valence-electron chi connectivity index (χ1n) is 11.1. The summed E-state index contributed by atoms with van der Waals surface area (Å²) in [6.07, 6.45) is -4.25. The maximum Gasteiger partial charge on any atom is 0.251 e. The fourth-order valence-electron chi connectivity index (χ4n) is 4.05. The predicted molar refractivity (Wildman–Crippen MR) is 124 cm³/mol. The molecule has 0 spiro atoms. The zero-order valence-electron chi connectivity index (χ0n) is 19.0. The molecule has 2 aromatic heterocycles. The number of anilines is 1. The fraction of sp³-hybridized carbons (Fsp3) is 0.250. The van der Waals surface area contributed by atoms with Gasteiger partial charge < -0.3 is 25.6 Å². The maximum atomic E-state index is 14.6. The summed E-state index contributed by atoms with van der Waals surface area (Å²) in [6, 6.07) is 13.1. The van der Waals surface area contributed by atoms with Crippen molar-refractivity contribution >= 4 is 22.9 Å². The van der Waals surface area contributed by atoms with Crippen LogP contribution in [0.5, 0.6) is 0 Å². The van der Waals surface area contributed by atoms with Crippen LogP contribution < -0.4 is 10.6 Å². The molecular formula is C24H22F2N6O4. The van der Waals surface area contributed by atoms with Gasteiger partial charge in [0.2, 0.25) is 0 Å². The summed E-state index contributed by atoms with van der Waals surface area (Å²) in [6.45, 7) is 0.352. The van der Waals surface area contributed by atoms with Crippen LogP contribution in [0.15, 0.2) is 54.9 Å². The number of hydrogen-bond donors (Lipinski definition) is 4. The van der Waals surface area contributed by atoms with Gasteiger partial charge in [-0.2, -0.15) is 0 Å². The lowest BCUT2D eigenvalue weighted by atomic mass is 10.1. The van der Waals surface area contributed by atoms with Crippen molar-refractivity contribution in [3.05, 3.63) is 72.1 Å². The van der Waals surface area contributed by atoms with Crippen LogP contribution in [0.4, 0.5) is 14.6 Å². The highest BCUT2D eigenvalue weighted by Crippen LogP contribution is 2.34. The first kappa shape index (κ1) is 23.7. The highest BCUT2D eigenvalue weighted by Gasteiger charge is 2.47. The molecule has 2 aromatic carbocycles. The van der Waals surface area contributed by atoms with E-state index in [4.69, 9.17) is 4.74 Å². The monoisotopic (exact) mass is 496 g/mol. The predicted octanol–water partition coefficient (Wildman–Crippen LogP) is 1.75. The van der Waals surface area contributed by atoms with Gasteiger partial charge >= 0.3 is 0 Å². The van der Waals surface area contributed by atoms with E-state index in [1.807, 2.05) is 30.3 Å². The van der Waals surface area contributed by atoms with Crippen molar-refractivity contribution in [2.24, 2.45) is 0 Å². The van der Waals surface area contributed by atoms with E-state index in [0.717, 1.165) is 11.6 Å². The lowest BCUT2D eigenvalue weighted by Gasteiger charge is -2.17. The Bertz CT molecular complexity index is 1420. The third-order valence-corrected chi connectivity index (χ3v) is 5.93. The molecular weight excluding hydrogens is 474 g/mol. The Labute approximate surface area is 203 Å². The molecule has 0 saturated carbocycles. The van der Waals surface area contributed by atoms with Gasteiger partial charge in [-0.1, -0.05) is 36.4 Å². The van der Waals surface area contributed by atoms with Crippen molar-refractivity contribution in [3.63, 3.8) is 0 Å². The number of imidazole rings is 1. The van der Waals surface area contributed by atoms with Crippen LogP contribution in [0, 0.1) is 11.6 Å². The second kappa shape index (κ2) is 9.57. The average molecular weight is 496 g/mol. The number of nitrogens with one attached hydrogen (secondary N) is 2. The molecule has 4 N–H and O–H groups in total. The number of carbonyl (C=O) groups is 1. The van der Waals surface area contributed by atoms with E-state index in [-0.39, 0.29) is 28.4 Å². The van der Waals surface area contributed by atoms with Gasteiger partial charge in [-0.3, -0.25) is 9.36 Å². The van der Waals surface area contributed by atoms with E-state index in [0.29, 0.717) is 6.54 Å². The number of likely N-dealkylation sites (N-methyl/N-ethyl adjacent to an activating group) is 1. The summed E-state index contributed by atoms with van der Waals surface area (Å²) in [5, 5.41) is 26.5. The molecule has 1 aliphatic heterocycles. The number of aromatic nitrogens is 4. The van der Waals surface area contributed by atoms with Gasteiger partial charge in [-0.15, -0.1) is 0 Å². The van der Waals surface area contributed by atoms with Crippen LogP contribution in [0.25, 0.3) is 22.6 Å². The number of fused-ring (bicyclic) bond motifs is 1. The van der Waals surface area contributed by atoms with E-state index in [9.17, 15) is 23.8 Å². The van der Waals surface area contributed by atoms with Gasteiger partial charge in [0, 0.05) is 13.6 Å². The van der Waals surface area contributed by atoms with Gasteiger partial charge in [0.05, 0.1) is 11.9 Å². The largest absolute Gasteiger partial charge is 0.387 e. The Morgan fingerprint density at radius 1 is 1.08 bits per heavy atom. The molecule has 36 heavy (non-hydrogen) atoms. The lowest BCUT2D eigenvalue weighted by Crippen LogP contribution is -2.41. The van der Waals surface area contributed by atoms with Crippen molar-refractivity contribution in [2.45, 2.75) is 31.1 Å². The lowest BCUT2D eigenvalue weighted by molar-refractivity contribution is -0.137. The number of carbonyl (C=O) groups excluding carboxylic acids is 1. The smallest absolute Gasteiger partial charge is 0.251 e. The van der Waals surface area contributed by atoms with E-state index in [1.165, 1.54) is 30.1 Å². The van der Waals surface area contributed by atoms with Crippen LogP contribution in [-0.2, 0) is 16.1 Å². The summed E-state index contributed by atoms with van der Waals surface area (Å²) in [5.74, 6) is -2.69. The third kappa shape index (κ3) is 4.15. The van der Waals surface area contributed by atoms with E-state index < -0.39 is 42.1 Å². The molecule has 0 aliphatic carbocycles. The second-order valence-electron chi connectivity index (χ2n) is 8.20. The number of aliphatic hydroxyl groups is 2. The summed E-state index contributed by atoms with van der Waals surface area (Å²) in [4.78, 5) is 25.2. The Morgan fingerprint density at radius 2 is 1.86 bits per heavy atom. The minimum Gasteiger partial charge on any atom is -0.387 e. The number of aliphatic hydroxyl groups excluding tert-OH is 2. The maximum absolute atomic E-state index is 14.6. The van der Waals surface area contributed by atoms with Crippen molar-refractivity contribution in [1.29, 1.82) is 0 Å². The van der Waals surface area contributed by atoms with Crippen LogP contribution in [0.1, 0.15) is 11.8 Å². The topological polar surface area (TPSA) is 134 Å². The molecule has 0 radical (unpaired) electrons. The fourth-order valence-corrected chi connectivity index (χ4v) is 4.05. The highest BCUT2D eigenvalue weighted by molar-refractivity contribution is 5.85. The molecule has 3 heterocycles. The number of nitrogens with zero attached hydrogens (tertiary/aromatic N) is 4. The zero-order valence-corrected chi connectivity index (χ0v) is 19.0. The van der Waals surface area contributed by atoms with Crippen molar-refractivity contribution < 1.29 is 28.5 Å². The minimum atomic E-state index is -1.51. The van der Waals surface area contributed by atoms with E-state index in [1.54, 1.807) is 0 Å². The second-order valence-corrected chi connectivity index (χ2v) is 8.20. The molecule has 4 aromatic rings. The Hall–Kier alpha value is -4.00. The molecule has 1 aliphatic rings. The Morgan fingerprint density at radius 3 is 2.61 bits per heavy atom. The molecule has 0 unspecified atom stereocenters. The molecule has 4 atom stereocenters. The van der Waals surface area contributed by atoms with Crippen LogP contribution >= 0.6 is 0 Å². The normalized spacial score (nSPS) is 21.6. The highest BCUT2D eigenvalue weighted by atomic mass is 19.2. The first-order chi connectivity index (χ1) is 17.4. The zero-order chi connectivity index (χ0) is 25.4. The number of amides is 1. The molecule has 5 rings (SSSR count). The number of halogens is 2. The molecule has 1 amide bonds. The Balaban J connectivity index is 1.61. The van der Waals surface area contributed by atoms with Crippen LogP contribution in [-0.4, -0.2) is 61.0 Å². The summed E-state index contributed by atoms with van der Waals surface area (Å²) in [7, 11) is 1.38. The summed E-state index contributed by atoms with van der Waals surface area (Å²) < 4.78 is 35.6. The number of benzene rings is 2. The van der Waals surface area contributed by atoms with E-state index >= 15 is 0 Å². The summed E-state index contributed by atoms with van der Waals surface area (Å²) >= 11 is 0.